The molecule has 0 aliphatic heterocycles. The third-order valence-electron chi connectivity index (χ3n) is 5.09. The van der Waals surface area contributed by atoms with E-state index in [1.807, 2.05) is 44.2 Å². The minimum Gasteiger partial charge on any atom is -0.438 e. The standard InChI is InChI=1S/C25H32FN3O2/c1-5-22(30)16-28(15-18(2)3)17-24-19(4)27-29(21-11-7-6-8-12-21)25(24)31-23-13-9-10-20(26)14-23/h6-14,18,22,30H,5,15-17H2,1-4H3/t22-/m1/s1. The molecule has 0 spiro atoms. The SMILES string of the molecule is CC[C@@H](O)CN(Cc1c(C)nn(-c2ccccc2)c1Oc1cccc(F)c1)CC(C)C. The van der Waals surface area contributed by atoms with Crippen molar-refractivity contribution in [1.29, 1.82) is 0 Å². The molecule has 1 aromatic heterocycles. The summed E-state index contributed by atoms with van der Waals surface area (Å²) in [6.07, 6.45) is 0.305. The van der Waals surface area contributed by atoms with Gasteiger partial charge in [-0.25, -0.2) is 9.07 Å². The molecule has 0 aliphatic rings. The van der Waals surface area contributed by atoms with Crippen molar-refractivity contribution in [2.75, 3.05) is 13.1 Å². The quantitative estimate of drug-likeness (QED) is 0.476. The maximum absolute atomic E-state index is 13.8. The summed E-state index contributed by atoms with van der Waals surface area (Å²) in [4.78, 5) is 2.23. The maximum atomic E-state index is 13.8. The number of aromatic nitrogens is 2. The summed E-state index contributed by atoms with van der Waals surface area (Å²) >= 11 is 0. The molecule has 6 heteroatoms. The molecule has 2 aromatic carbocycles. The number of aryl methyl sites for hydroxylation is 1. The first-order valence-electron chi connectivity index (χ1n) is 10.8. The molecule has 31 heavy (non-hydrogen) atoms. The van der Waals surface area contributed by atoms with Crippen LogP contribution in [0.25, 0.3) is 5.69 Å². The van der Waals surface area contributed by atoms with E-state index in [1.165, 1.54) is 12.1 Å². The Kier molecular flexibility index (Phi) is 7.82. The van der Waals surface area contributed by atoms with Crippen LogP contribution in [0.5, 0.6) is 11.6 Å². The van der Waals surface area contributed by atoms with Gasteiger partial charge in [-0.2, -0.15) is 5.10 Å². The molecule has 3 aromatic rings. The molecule has 0 saturated carbocycles. The predicted octanol–water partition coefficient (Wildman–Crippen LogP) is 5.34. The number of para-hydroxylation sites is 1. The number of hydrogen-bond donors (Lipinski definition) is 1. The van der Waals surface area contributed by atoms with Crippen LogP contribution in [0, 0.1) is 18.7 Å². The van der Waals surface area contributed by atoms with Gasteiger partial charge in [0.15, 0.2) is 0 Å². The van der Waals surface area contributed by atoms with E-state index in [1.54, 1.807) is 16.8 Å². The Morgan fingerprint density at radius 3 is 2.48 bits per heavy atom. The van der Waals surface area contributed by atoms with Gasteiger partial charge in [0.25, 0.3) is 0 Å². The first-order valence-corrected chi connectivity index (χ1v) is 10.8. The lowest BCUT2D eigenvalue weighted by Crippen LogP contribution is -2.34. The third kappa shape index (κ3) is 6.15. The Morgan fingerprint density at radius 1 is 1.10 bits per heavy atom. The van der Waals surface area contributed by atoms with Gasteiger partial charge in [-0.05, 0) is 43.5 Å². The fourth-order valence-electron chi connectivity index (χ4n) is 3.58. The first-order chi connectivity index (χ1) is 14.9. The van der Waals surface area contributed by atoms with E-state index in [9.17, 15) is 9.50 Å². The van der Waals surface area contributed by atoms with Crippen LogP contribution in [0.1, 0.15) is 38.4 Å². The van der Waals surface area contributed by atoms with Crippen molar-refractivity contribution in [3.8, 4) is 17.3 Å². The minimum atomic E-state index is -0.393. The number of hydrogen-bond acceptors (Lipinski definition) is 4. The monoisotopic (exact) mass is 425 g/mol. The van der Waals surface area contributed by atoms with Crippen LogP contribution >= 0.6 is 0 Å². The highest BCUT2D eigenvalue weighted by molar-refractivity contribution is 5.43. The Morgan fingerprint density at radius 2 is 1.84 bits per heavy atom. The maximum Gasteiger partial charge on any atom is 0.227 e. The lowest BCUT2D eigenvalue weighted by Gasteiger charge is -2.26. The van der Waals surface area contributed by atoms with Crippen molar-refractivity contribution < 1.29 is 14.2 Å². The number of halogens is 1. The highest BCUT2D eigenvalue weighted by Crippen LogP contribution is 2.32. The fraction of sp³-hybridized carbons (Fsp3) is 0.400. The zero-order valence-electron chi connectivity index (χ0n) is 18.8. The highest BCUT2D eigenvalue weighted by Gasteiger charge is 2.23. The number of aliphatic hydroxyl groups is 1. The second-order valence-corrected chi connectivity index (χ2v) is 8.33. The zero-order chi connectivity index (χ0) is 22.4. The Labute approximate surface area is 184 Å². The average Bonchev–Trinajstić information content (AvgIpc) is 3.03. The van der Waals surface area contributed by atoms with Crippen LogP contribution in [-0.2, 0) is 6.54 Å². The lowest BCUT2D eigenvalue weighted by atomic mass is 10.1. The highest BCUT2D eigenvalue weighted by atomic mass is 19.1. The second-order valence-electron chi connectivity index (χ2n) is 8.33. The molecule has 0 unspecified atom stereocenters. The first kappa shape index (κ1) is 23.0. The molecule has 1 atom stereocenters. The van der Waals surface area contributed by atoms with Crippen LogP contribution < -0.4 is 4.74 Å². The van der Waals surface area contributed by atoms with Crippen LogP contribution in [0.15, 0.2) is 54.6 Å². The largest absolute Gasteiger partial charge is 0.438 e. The summed E-state index contributed by atoms with van der Waals surface area (Å²) in [5, 5.41) is 15.0. The number of benzene rings is 2. The molecule has 0 bridgehead atoms. The van der Waals surface area contributed by atoms with Crippen LogP contribution in [-0.4, -0.2) is 39.0 Å². The van der Waals surface area contributed by atoms with Gasteiger partial charge in [-0.3, -0.25) is 4.90 Å². The minimum absolute atomic E-state index is 0.353. The van der Waals surface area contributed by atoms with Gasteiger partial charge in [-0.1, -0.05) is 45.0 Å². The van der Waals surface area contributed by atoms with Crippen LogP contribution in [0.2, 0.25) is 0 Å². The van der Waals surface area contributed by atoms with Crippen molar-refractivity contribution >= 4 is 0 Å². The van der Waals surface area contributed by atoms with E-state index < -0.39 is 6.10 Å². The van der Waals surface area contributed by atoms with E-state index in [2.05, 4.69) is 18.7 Å². The molecule has 166 valence electrons. The van der Waals surface area contributed by atoms with E-state index in [0.29, 0.717) is 37.1 Å². The summed E-state index contributed by atoms with van der Waals surface area (Å²) in [5.74, 6) is 1.08. The summed E-state index contributed by atoms with van der Waals surface area (Å²) in [7, 11) is 0. The summed E-state index contributed by atoms with van der Waals surface area (Å²) in [6, 6.07) is 15.9. The fourth-order valence-corrected chi connectivity index (χ4v) is 3.58. The van der Waals surface area contributed by atoms with Gasteiger partial charge in [0.05, 0.1) is 23.0 Å². The lowest BCUT2D eigenvalue weighted by molar-refractivity contribution is 0.0980. The Balaban J connectivity index is 2.02. The summed E-state index contributed by atoms with van der Waals surface area (Å²) < 4.78 is 21.8. The van der Waals surface area contributed by atoms with Gasteiger partial charge in [0, 0.05) is 25.7 Å². The summed E-state index contributed by atoms with van der Waals surface area (Å²) in [6.45, 7) is 10.3. The molecular formula is C25H32FN3O2. The number of nitrogens with zero attached hydrogens (tertiary/aromatic N) is 3. The molecule has 0 fully saturated rings. The molecule has 0 aliphatic carbocycles. The number of aliphatic hydroxyl groups excluding tert-OH is 1. The zero-order valence-corrected chi connectivity index (χ0v) is 18.8. The van der Waals surface area contributed by atoms with Crippen molar-refractivity contribution in [3.63, 3.8) is 0 Å². The molecule has 0 radical (unpaired) electrons. The molecular weight excluding hydrogens is 393 g/mol. The average molecular weight is 426 g/mol. The predicted molar refractivity (Wildman–Crippen MR) is 121 cm³/mol. The number of rotatable bonds is 10. The molecule has 0 amide bonds. The Hall–Kier alpha value is -2.70. The molecule has 5 nitrogen and oxygen atoms in total. The van der Waals surface area contributed by atoms with E-state index >= 15 is 0 Å². The summed E-state index contributed by atoms with van der Waals surface area (Å²) in [5.41, 5.74) is 2.64. The van der Waals surface area contributed by atoms with E-state index in [-0.39, 0.29) is 5.82 Å². The van der Waals surface area contributed by atoms with Gasteiger partial charge < -0.3 is 9.84 Å². The third-order valence-corrected chi connectivity index (χ3v) is 5.09. The smallest absolute Gasteiger partial charge is 0.227 e. The van der Waals surface area contributed by atoms with Crippen LogP contribution in [0.4, 0.5) is 4.39 Å². The van der Waals surface area contributed by atoms with E-state index in [4.69, 9.17) is 9.84 Å². The molecule has 0 saturated heterocycles. The molecule has 3 rings (SSSR count). The van der Waals surface area contributed by atoms with E-state index in [0.717, 1.165) is 23.5 Å². The second kappa shape index (κ2) is 10.6. The molecule has 1 N–H and O–H groups in total. The Bertz CT molecular complexity index is 972. The topological polar surface area (TPSA) is 50.5 Å². The van der Waals surface area contributed by atoms with Gasteiger partial charge in [0.1, 0.15) is 11.6 Å². The normalized spacial score (nSPS) is 12.5. The number of ether oxygens (including phenoxy) is 1. The molecule has 1 heterocycles. The van der Waals surface area contributed by atoms with Crippen molar-refractivity contribution in [2.45, 2.75) is 46.8 Å². The van der Waals surface area contributed by atoms with Gasteiger partial charge >= 0.3 is 0 Å². The van der Waals surface area contributed by atoms with Crippen molar-refractivity contribution in [2.24, 2.45) is 5.92 Å². The van der Waals surface area contributed by atoms with Gasteiger partial charge in [0.2, 0.25) is 5.88 Å². The van der Waals surface area contributed by atoms with Gasteiger partial charge in [-0.15, -0.1) is 0 Å². The van der Waals surface area contributed by atoms with Crippen molar-refractivity contribution in [3.05, 3.63) is 71.7 Å². The van der Waals surface area contributed by atoms with Crippen LogP contribution in [0.3, 0.4) is 0 Å². The van der Waals surface area contributed by atoms with Crippen molar-refractivity contribution in [1.82, 2.24) is 14.7 Å².